The van der Waals surface area contributed by atoms with Gasteiger partial charge in [-0.15, -0.1) is 0 Å². The molecule has 0 saturated heterocycles. The van der Waals surface area contributed by atoms with Gasteiger partial charge in [0, 0.05) is 4.83 Å². The average molecular weight is 247 g/mol. The quantitative estimate of drug-likeness (QED) is 0.638. The van der Waals surface area contributed by atoms with Crippen molar-refractivity contribution in [2.75, 3.05) is 0 Å². The lowest BCUT2D eigenvalue weighted by Gasteiger charge is -2.32. The molecule has 1 aliphatic rings. The predicted octanol–water partition coefficient (Wildman–Crippen LogP) is 4.62. The summed E-state index contributed by atoms with van der Waals surface area (Å²) in [5.41, 5.74) is 0. The van der Waals surface area contributed by atoms with Gasteiger partial charge in [0.1, 0.15) is 0 Å². The third-order valence-electron chi connectivity index (χ3n) is 3.56. The zero-order chi connectivity index (χ0) is 9.84. The Hall–Kier alpha value is 0.480. The van der Waals surface area contributed by atoms with Crippen molar-refractivity contribution in [2.24, 2.45) is 17.8 Å². The second kappa shape index (κ2) is 5.38. The smallest absolute Gasteiger partial charge is 0.0197 e. The standard InChI is InChI=1S/C12H23Br/c1-4-10-5-7-11(8-6-10)12(13)9(2)3/h9-12H,4-8H2,1-3H3. The van der Waals surface area contributed by atoms with Crippen molar-refractivity contribution in [3.05, 3.63) is 0 Å². The monoisotopic (exact) mass is 246 g/mol. The fourth-order valence-corrected chi connectivity index (χ4v) is 2.99. The molecule has 0 aromatic carbocycles. The van der Waals surface area contributed by atoms with E-state index < -0.39 is 0 Å². The summed E-state index contributed by atoms with van der Waals surface area (Å²) < 4.78 is 0. The number of hydrogen-bond donors (Lipinski definition) is 0. The lowest BCUT2D eigenvalue weighted by atomic mass is 9.77. The van der Waals surface area contributed by atoms with Crippen LogP contribution in [0.2, 0.25) is 0 Å². The van der Waals surface area contributed by atoms with Crippen LogP contribution in [0.4, 0.5) is 0 Å². The van der Waals surface area contributed by atoms with Gasteiger partial charge in [0.05, 0.1) is 0 Å². The van der Waals surface area contributed by atoms with Crippen molar-refractivity contribution in [3.8, 4) is 0 Å². The van der Waals surface area contributed by atoms with Crippen LogP contribution in [0.5, 0.6) is 0 Å². The van der Waals surface area contributed by atoms with Gasteiger partial charge in [-0.25, -0.2) is 0 Å². The van der Waals surface area contributed by atoms with Crippen molar-refractivity contribution < 1.29 is 0 Å². The molecule has 1 saturated carbocycles. The Balaban J connectivity index is 2.32. The van der Waals surface area contributed by atoms with Crippen molar-refractivity contribution >= 4 is 15.9 Å². The number of rotatable bonds is 3. The first kappa shape index (κ1) is 11.6. The molecule has 0 amide bonds. The van der Waals surface area contributed by atoms with E-state index in [1.807, 2.05) is 0 Å². The Bertz CT molecular complexity index is 134. The highest BCUT2D eigenvalue weighted by molar-refractivity contribution is 9.09. The van der Waals surface area contributed by atoms with Gasteiger partial charge in [-0.05, 0) is 30.6 Å². The highest BCUT2D eigenvalue weighted by atomic mass is 79.9. The molecule has 0 aromatic rings. The van der Waals surface area contributed by atoms with Gasteiger partial charge in [0.15, 0.2) is 0 Å². The summed E-state index contributed by atoms with van der Waals surface area (Å²) in [6, 6.07) is 0. The Morgan fingerprint density at radius 1 is 1.15 bits per heavy atom. The lowest BCUT2D eigenvalue weighted by Crippen LogP contribution is -2.25. The third kappa shape index (κ3) is 3.27. The zero-order valence-electron chi connectivity index (χ0n) is 9.22. The number of alkyl halides is 1. The van der Waals surface area contributed by atoms with Gasteiger partial charge in [0.25, 0.3) is 0 Å². The van der Waals surface area contributed by atoms with E-state index in [1.54, 1.807) is 0 Å². The minimum atomic E-state index is 0.755. The first-order chi connectivity index (χ1) is 6.15. The Morgan fingerprint density at radius 3 is 2.08 bits per heavy atom. The van der Waals surface area contributed by atoms with E-state index in [0.717, 1.165) is 22.6 Å². The van der Waals surface area contributed by atoms with Crippen LogP contribution in [0.25, 0.3) is 0 Å². The van der Waals surface area contributed by atoms with Crippen LogP contribution in [-0.4, -0.2) is 4.83 Å². The molecule has 1 fully saturated rings. The van der Waals surface area contributed by atoms with Gasteiger partial charge in [-0.1, -0.05) is 56.0 Å². The van der Waals surface area contributed by atoms with Gasteiger partial charge in [0.2, 0.25) is 0 Å². The minimum absolute atomic E-state index is 0.755. The summed E-state index contributed by atoms with van der Waals surface area (Å²) in [4.78, 5) is 0.755. The van der Waals surface area contributed by atoms with E-state index in [1.165, 1.54) is 32.1 Å². The first-order valence-electron chi connectivity index (χ1n) is 5.79. The van der Waals surface area contributed by atoms with E-state index in [-0.39, 0.29) is 0 Å². The van der Waals surface area contributed by atoms with Crippen LogP contribution in [0.15, 0.2) is 0 Å². The summed E-state index contributed by atoms with van der Waals surface area (Å²) in [5, 5.41) is 0. The fourth-order valence-electron chi connectivity index (χ4n) is 2.46. The number of hydrogen-bond acceptors (Lipinski definition) is 0. The Morgan fingerprint density at radius 2 is 1.69 bits per heavy atom. The molecule has 1 atom stereocenters. The average Bonchev–Trinajstić information content (AvgIpc) is 2.17. The van der Waals surface area contributed by atoms with E-state index in [0.29, 0.717) is 0 Å². The molecule has 0 bridgehead atoms. The summed E-state index contributed by atoms with van der Waals surface area (Å²) in [7, 11) is 0. The van der Waals surface area contributed by atoms with Gasteiger partial charge >= 0.3 is 0 Å². The summed E-state index contributed by atoms with van der Waals surface area (Å²) in [6.45, 7) is 6.98. The molecule has 13 heavy (non-hydrogen) atoms. The molecule has 0 heterocycles. The molecule has 1 aliphatic carbocycles. The van der Waals surface area contributed by atoms with Crippen molar-refractivity contribution in [1.82, 2.24) is 0 Å². The Labute approximate surface area is 91.6 Å². The van der Waals surface area contributed by atoms with E-state index in [4.69, 9.17) is 0 Å². The maximum atomic E-state index is 3.85. The summed E-state index contributed by atoms with van der Waals surface area (Å²) >= 11 is 3.85. The van der Waals surface area contributed by atoms with Crippen LogP contribution in [-0.2, 0) is 0 Å². The maximum absolute atomic E-state index is 3.85. The second-order valence-corrected chi connectivity index (χ2v) is 5.93. The van der Waals surface area contributed by atoms with Gasteiger partial charge < -0.3 is 0 Å². The molecule has 0 N–H and O–H groups in total. The molecule has 0 radical (unpaired) electrons. The maximum Gasteiger partial charge on any atom is 0.0197 e. The van der Waals surface area contributed by atoms with Crippen molar-refractivity contribution in [3.63, 3.8) is 0 Å². The predicted molar refractivity (Wildman–Crippen MR) is 63.3 cm³/mol. The molecule has 1 unspecified atom stereocenters. The number of halogens is 1. The molecule has 0 aliphatic heterocycles. The van der Waals surface area contributed by atoms with Gasteiger partial charge in [-0.2, -0.15) is 0 Å². The largest absolute Gasteiger partial charge is 0.0885 e. The van der Waals surface area contributed by atoms with Crippen molar-refractivity contribution in [1.29, 1.82) is 0 Å². The van der Waals surface area contributed by atoms with Crippen LogP contribution < -0.4 is 0 Å². The SMILES string of the molecule is CCC1CCC(C(Br)C(C)C)CC1. The zero-order valence-corrected chi connectivity index (χ0v) is 10.8. The van der Waals surface area contributed by atoms with Crippen molar-refractivity contribution in [2.45, 2.75) is 57.7 Å². The topological polar surface area (TPSA) is 0 Å². The van der Waals surface area contributed by atoms with E-state index in [2.05, 4.69) is 36.7 Å². The molecule has 0 spiro atoms. The van der Waals surface area contributed by atoms with E-state index in [9.17, 15) is 0 Å². The van der Waals surface area contributed by atoms with Crippen LogP contribution in [0.1, 0.15) is 52.9 Å². The fraction of sp³-hybridized carbons (Fsp3) is 1.00. The van der Waals surface area contributed by atoms with Crippen LogP contribution >= 0.6 is 15.9 Å². The highest BCUT2D eigenvalue weighted by Gasteiger charge is 2.26. The molecule has 1 rings (SSSR count). The highest BCUT2D eigenvalue weighted by Crippen LogP contribution is 2.37. The lowest BCUT2D eigenvalue weighted by molar-refractivity contribution is 0.250. The molecule has 1 heteroatoms. The third-order valence-corrected chi connectivity index (χ3v) is 5.36. The van der Waals surface area contributed by atoms with Crippen LogP contribution in [0, 0.1) is 17.8 Å². The molecule has 0 aromatic heterocycles. The second-order valence-electron chi connectivity index (χ2n) is 4.88. The molecule has 78 valence electrons. The molecule has 0 nitrogen and oxygen atoms in total. The van der Waals surface area contributed by atoms with Gasteiger partial charge in [-0.3, -0.25) is 0 Å². The molecular weight excluding hydrogens is 224 g/mol. The minimum Gasteiger partial charge on any atom is -0.0885 e. The van der Waals surface area contributed by atoms with Crippen LogP contribution in [0.3, 0.4) is 0 Å². The Kier molecular flexibility index (Phi) is 4.78. The first-order valence-corrected chi connectivity index (χ1v) is 6.70. The molecular formula is C12H23Br. The summed E-state index contributed by atoms with van der Waals surface area (Å²) in [5.74, 6) is 2.77. The van der Waals surface area contributed by atoms with E-state index >= 15 is 0 Å². The normalized spacial score (nSPS) is 32.1. The summed E-state index contributed by atoms with van der Waals surface area (Å²) in [6.07, 6.45) is 7.23.